The van der Waals surface area contributed by atoms with Crippen LogP contribution in [0.25, 0.3) is 12.2 Å². The van der Waals surface area contributed by atoms with Crippen LogP contribution in [-0.2, 0) is 5.75 Å². The van der Waals surface area contributed by atoms with Crippen molar-refractivity contribution in [2.75, 3.05) is 0 Å². The first kappa shape index (κ1) is 16.9. The third-order valence-electron chi connectivity index (χ3n) is 3.32. The quantitative estimate of drug-likeness (QED) is 0.689. The van der Waals surface area contributed by atoms with Crippen LogP contribution in [0.5, 0.6) is 0 Å². The molecule has 0 amide bonds. The molecule has 0 unspecified atom stereocenters. The average Bonchev–Trinajstić information content (AvgIpc) is 3.08. The topological polar surface area (TPSA) is 65.4 Å². The lowest BCUT2D eigenvalue weighted by Crippen LogP contribution is -1.89. The van der Waals surface area contributed by atoms with Crippen LogP contribution in [0.4, 0.5) is 8.78 Å². The van der Waals surface area contributed by atoms with E-state index in [1.807, 2.05) is 6.07 Å². The number of nitrogens with zero attached hydrogens (tertiary/aromatic N) is 3. The summed E-state index contributed by atoms with van der Waals surface area (Å²) in [7, 11) is 0. The van der Waals surface area contributed by atoms with Crippen LogP contribution in [0.15, 0.2) is 47.6 Å². The third kappa shape index (κ3) is 4.52. The van der Waals surface area contributed by atoms with Crippen LogP contribution in [0.2, 0.25) is 0 Å². The highest BCUT2D eigenvalue weighted by molar-refractivity contribution is 7.98. The predicted octanol–water partition coefficient (Wildman–Crippen LogP) is 4.42. The summed E-state index contributed by atoms with van der Waals surface area (Å²) >= 11 is 1.29. The smallest absolute Gasteiger partial charge is 0.209 e. The monoisotopic (exact) mass is 354 g/mol. The summed E-state index contributed by atoms with van der Waals surface area (Å²) in [6, 6.07) is 12.4. The SMILES string of the molecule is N#Cc1ccc(CSc2n[nH]c(/C=C/c3ccc(F)cc3)n2)c(F)c1. The summed E-state index contributed by atoms with van der Waals surface area (Å²) in [5, 5.41) is 16.1. The Kier molecular flexibility index (Phi) is 5.21. The molecule has 0 radical (unpaired) electrons. The van der Waals surface area contributed by atoms with Gasteiger partial charge < -0.3 is 0 Å². The van der Waals surface area contributed by atoms with Crippen LogP contribution in [0, 0.1) is 23.0 Å². The maximum Gasteiger partial charge on any atom is 0.209 e. The fourth-order valence-electron chi connectivity index (χ4n) is 2.02. The largest absolute Gasteiger partial charge is 0.259 e. The number of nitriles is 1. The lowest BCUT2D eigenvalue weighted by Gasteiger charge is -2.00. The van der Waals surface area contributed by atoms with E-state index in [1.165, 1.54) is 30.0 Å². The zero-order valence-electron chi connectivity index (χ0n) is 12.9. The molecule has 0 atom stereocenters. The molecule has 7 heteroatoms. The van der Waals surface area contributed by atoms with Gasteiger partial charge in [0.2, 0.25) is 5.16 Å². The third-order valence-corrected chi connectivity index (χ3v) is 4.22. The Morgan fingerprint density at radius 2 is 1.92 bits per heavy atom. The van der Waals surface area contributed by atoms with Gasteiger partial charge in [-0.25, -0.2) is 13.8 Å². The van der Waals surface area contributed by atoms with Crippen molar-refractivity contribution >= 4 is 23.9 Å². The molecule has 0 spiro atoms. The molecule has 2 aromatic carbocycles. The predicted molar refractivity (Wildman–Crippen MR) is 92.4 cm³/mol. The fourth-order valence-corrected chi connectivity index (χ4v) is 2.81. The van der Waals surface area contributed by atoms with Crippen LogP contribution in [0.1, 0.15) is 22.5 Å². The van der Waals surface area contributed by atoms with Gasteiger partial charge in [-0.2, -0.15) is 5.26 Å². The van der Waals surface area contributed by atoms with E-state index in [0.29, 0.717) is 22.3 Å². The van der Waals surface area contributed by atoms with Crippen LogP contribution in [0.3, 0.4) is 0 Å². The second-order valence-electron chi connectivity index (χ2n) is 5.09. The van der Waals surface area contributed by atoms with Crippen LogP contribution < -0.4 is 0 Å². The van der Waals surface area contributed by atoms with Crippen molar-refractivity contribution < 1.29 is 8.78 Å². The van der Waals surface area contributed by atoms with E-state index in [1.54, 1.807) is 36.4 Å². The zero-order valence-corrected chi connectivity index (χ0v) is 13.7. The molecule has 124 valence electrons. The molecule has 0 aliphatic heterocycles. The molecule has 0 bridgehead atoms. The molecule has 1 heterocycles. The molecule has 0 aliphatic rings. The summed E-state index contributed by atoms with van der Waals surface area (Å²) in [4.78, 5) is 4.28. The van der Waals surface area contributed by atoms with Crippen molar-refractivity contribution in [3.63, 3.8) is 0 Å². The molecule has 0 aliphatic carbocycles. The van der Waals surface area contributed by atoms with Gasteiger partial charge in [0.05, 0.1) is 11.6 Å². The molecule has 1 N–H and O–H groups in total. The Balaban J connectivity index is 1.62. The molecule has 3 aromatic rings. The number of hydrogen-bond acceptors (Lipinski definition) is 4. The van der Waals surface area contributed by atoms with Gasteiger partial charge in [-0.05, 0) is 41.5 Å². The first-order chi connectivity index (χ1) is 12.1. The number of hydrogen-bond donors (Lipinski definition) is 1. The number of benzene rings is 2. The van der Waals surface area contributed by atoms with E-state index < -0.39 is 5.82 Å². The average molecular weight is 354 g/mol. The molecule has 1 aromatic heterocycles. The van der Waals surface area contributed by atoms with E-state index in [4.69, 9.17) is 5.26 Å². The summed E-state index contributed by atoms with van der Waals surface area (Å²) in [5.41, 5.74) is 1.61. The lowest BCUT2D eigenvalue weighted by molar-refractivity contribution is 0.617. The second kappa shape index (κ2) is 7.73. The van der Waals surface area contributed by atoms with Gasteiger partial charge in [0.1, 0.15) is 17.5 Å². The summed E-state index contributed by atoms with van der Waals surface area (Å²) in [6.45, 7) is 0. The molecular formula is C18H12F2N4S. The molecule has 0 saturated heterocycles. The van der Waals surface area contributed by atoms with E-state index in [2.05, 4.69) is 15.2 Å². The van der Waals surface area contributed by atoms with Crippen molar-refractivity contribution in [1.29, 1.82) is 5.26 Å². The first-order valence-electron chi connectivity index (χ1n) is 7.31. The van der Waals surface area contributed by atoms with Crippen molar-refractivity contribution in [3.05, 3.63) is 76.6 Å². The highest BCUT2D eigenvalue weighted by Gasteiger charge is 2.07. The standard InChI is InChI=1S/C18H12F2N4S/c19-15-6-2-12(3-7-15)4-8-17-22-18(24-23-17)25-11-14-5-1-13(10-21)9-16(14)20/h1-9H,11H2,(H,22,23,24)/b8-4+. The molecule has 0 fully saturated rings. The molecule has 25 heavy (non-hydrogen) atoms. The van der Waals surface area contributed by atoms with Crippen molar-refractivity contribution in [2.24, 2.45) is 0 Å². The number of nitrogens with one attached hydrogen (secondary N) is 1. The summed E-state index contributed by atoms with van der Waals surface area (Å²) in [6.07, 6.45) is 3.52. The van der Waals surface area contributed by atoms with Crippen molar-refractivity contribution in [2.45, 2.75) is 10.9 Å². The Morgan fingerprint density at radius 1 is 1.12 bits per heavy atom. The van der Waals surface area contributed by atoms with Crippen molar-refractivity contribution in [3.8, 4) is 6.07 Å². The highest BCUT2D eigenvalue weighted by Crippen LogP contribution is 2.22. The summed E-state index contributed by atoms with van der Waals surface area (Å²) < 4.78 is 26.7. The van der Waals surface area contributed by atoms with E-state index in [-0.39, 0.29) is 11.4 Å². The number of thioether (sulfide) groups is 1. The Morgan fingerprint density at radius 3 is 2.64 bits per heavy atom. The van der Waals surface area contributed by atoms with Crippen LogP contribution in [-0.4, -0.2) is 15.2 Å². The van der Waals surface area contributed by atoms with Gasteiger partial charge in [0.15, 0.2) is 0 Å². The Bertz CT molecular complexity index is 942. The van der Waals surface area contributed by atoms with E-state index in [9.17, 15) is 8.78 Å². The number of halogens is 2. The van der Waals surface area contributed by atoms with Gasteiger partial charge >= 0.3 is 0 Å². The Labute approximate surface area is 147 Å². The molecule has 3 rings (SSSR count). The highest BCUT2D eigenvalue weighted by atomic mass is 32.2. The van der Waals surface area contributed by atoms with Gasteiger partial charge in [-0.3, -0.25) is 5.10 Å². The van der Waals surface area contributed by atoms with E-state index >= 15 is 0 Å². The molecule has 4 nitrogen and oxygen atoms in total. The molecule has 0 saturated carbocycles. The summed E-state index contributed by atoms with van der Waals surface area (Å²) in [5.74, 6) is 0.201. The van der Waals surface area contributed by atoms with Crippen LogP contribution >= 0.6 is 11.8 Å². The lowest BCUT2D eigenvalue weighted by atomic mass is 10.1. The number of rotatable bonds is 5. The zero-order chi connectivity index (χ0) is 17.6. The number of H-pyrrole nitrogens is 1. The minimum Gasteiger partial charge on any atom is -0.259 e. The minimum absolute atomic E-state index is 0.287. The second-order valence-corrected chi connectivity index (χ2v) is 6.04. The molecular weight excluding hydrogens is 342 g/mol. The van der Waals surface area contributed by atoms with Crippen molar-refractivity contribution in [1.82, 2.24) is 15.2 Å². The van der Waals surface area contributed by atoms with Gasteiger partial charge in [0.25, 0.3) is 0 Å². The van der Waals surface area contributed by atoms with E-state index in [0.717, 1.165) is 5.56 Å². The minimum atomic E-state index is -0.418. The van der Waals surface area contributed by atoms with Gasteiger partial charge in [-0.1, -0.05) is 36.0 Å². The normalized spacial score (nSPS) is 10.9. The Hall–Kier alpha value is -2.98. The maximum absolute atomic E-state index is 13.8. The number of aromatic nitrogens is 3. The van der Waals surface area contributed by atoms with Gasteiger partial charge in [-0.15, -0.1) is 5.10 Å². The maximum atomic E-state index is 13.8. The first-order valence-corrected chi connectivity index (χ1v) is 8.30. The number of aromatic amines is 1. The van der Waals surface area contributed by atoms with Gasteiger partial charge in [0, 0.05) is 5.75 Å². The fraction of sp³-hybridized carbons (Fsp3) is 0.0556.